The minimum atomic E-state index is 0.229. The lowest BCUT2D eigenvalue weighted by Gasteiger charge is -2.27. The average Bonchev–Trinajstić information content (AvgIpc) is 3.17. The van der Waals surface area contributed by atoms with E-state index in [1.165, 1.54) is 18.4 Å². The molecule has 2 saturated heterocycles. The summed E-state index contributed by atoms with van der Waals surface area (Å²) in [6, 6.07) is 11.1. The minimum absolute atomic E-state index is 0.229. The normalized spacial score (nSPS) is 26.1. The molecule has 0 saturated carbocycles. The van der Waals surface area contributed by atoms with Crippen molar-refractivity contribution in [1.82, 2.24) is 10.2 Å². The van der Waals surface area contributed by atoms with Gasteiger partial charge in [-0.1, -0.05) is 30.3 Å². The van der Waals surface area contributed by atoms with Gasteiger partial charge in [0.15, 0.2) is 0 Å². The summed E-state index contributed by atoms with van der Waals surface area (Å²) in [7, 11) is 0. The first-order chi connectivity index (χ1) is 9.84. The Hall–Kier alpha value is -1.35. The number of hydrogen-bond donors (Lipinski definition) is 1. The lowest BCUT2D eigenvalue weighted by molar-refractivity contribution is -0.135. The number of carbonyl (C=O) groups is 1. The maximum absolute atomic E-state index is 12.6. The molecule has 1 aromatic rings. The van der Waals surface area contributed by atoms with E-state index in [0.717, 1.165) is 38.9 Å². The Balaban J connectivity index is 1.56. The van der Waals surface area contributed by atoms with Crippen molar-refractivity contribution in [3.63, 3.8) is 0 Å². The smallest absolute Gasteiger partial charge is 0.227 e. The monoisotopic (exact) mass is 272 g/mol. The number of nitrogens with zero attached hydrogens (tertiary/aromatic N) is 1. The van der Waals surface area contributed by atoms with Crippen LogP contribution in [0.4, 0.5) is 0 Å². The Bertz CT molecular complexity index is 440. The highest BCUT2D eigenvalue weighted by atomic mass is 16.2. The maximum atomic E-state index is 12.6. The van der Waals surface area contributed by atoms with E-state index in [9.17, 15) is 4.79 Å². The van der Waals surface area contributed by atoms with Crippen LogP contribution in [0.15, 0.2) is 30.3 Å². The van der Waals surface area contributed by atoms with Gasteiger partial charge in [0, 0.05) is 19.1 Å². The Kier molecular flexibility index (Phi) is 4.36. The topological polar surface area (TPSA) is 32.3 Å². The molecule has 108 valence electrons. The van der Waals surface area contributed by atoms with Crippen LogP contribution in [-0.2, 0) is 11.2 Å². The summed E-state index contributed by atoms with van der Waals surface area (Å²) < 4.78 is 0. The van der Waals surface area contributed by atoms with Crippen molar-refractivity contribution in [2.45, 2.75) is 38.1 Å². The number of rotatable bonds is 4. The van der Waals surface area contributed by atoms with E-state index in [0.29, 0.717) is 11.9 Å². The van der Waals surface area contributed by atoms with Crippen molar-refractivity contribution in [3.8, 4) is 0 Å². The number of nitrogens with one attached hydrogen (secondary N) is 1. The molecule has 2 atom stereocenters. The molecule has 1 amide bonds. The molecule has 2 heterocycles. The number of benzene rings is 1. The van der Waals surface area contributed by atoms with Crippen molar-refractivity contribution in [2.75, 3.05) is 19.6 Å². The van der Waals surface area contributed by atoms with Gasteiger partial charge in [-0.15, -0.1) is 0 Å². The van der Waals surface area contributed by atoms with Crippen molar-refractivity contribution in [1.29, 1.82) is 0 Å². The van der Waals surface area contributed by atoms with Gasteiger partial charge in [0.05, 0.1) is 5.92 Å². The van der Waals surface area contributed by atoms with Crippen LogP contribution in [0.3, 0.4) is 0 Å². The average molecular weight is 272 g/mol. The largest absolute Gasteiger partial charge is 0.339 e. The van der Waals surface area contributed by atoms with Crippen molar-refractivity contribution in [3.05, 3.63) is 35.9 Å². The molecule has 0 aliphatic carbocycles. The molecule has 2 aliphatic heterocycles. The van der Waals surface area contributed by atoms with E-state index in [2.05, 4.69) is 40.5 Å². The molecule has 0 aromatic heterocycles. The molecule has 3 heteroatoms. The molecule has 20 heavy (non-hydrogen) atoms. The fourth-order valence-corrected chi connectivity index (χ4v) is 3.50. The van der Waals surface area contributed by atoms with Gasteiger partial charge in [-0.05, 0) is 44.2 Å². The molecule has 0 radical (unpaired) electrons. The summed E-state index contributed by atoms with van der Waals surface area (Å²) >= 11 is 0. The van der Waals surface area contributed by atoms with E-state index >= 15 is 0 Å². The van der Waals surface area contributed by atoms with E-state index < -0.39 is 0 Å². The molecule has 2 aliphatic rings. The van der Waals surface area contributed by atoms with Crippen LogP contribution in [0, 0.1) is 5.92 Å². The third-order valence-electron chi connectivity index (χ3n) is 4.68. The molecule has 0 bridgehead atoms. The zero-order valence-electron chi connectivity index (χ0n) is 12.1. The molecule has 3 nitrogen and oxygen atoms in total. The highest BCUT2D eigenvalue weighted by Crippen LogP contribution is 2.25. The first-order valence-corrected chi connectivity index (χ1v) is 7.90. The Labute approximate surface area is 121 Å². The Morgan fingerprint density at radius 3 is 2.85 bits per heavy atom. The predicted molar refractivity (Wildman–Crippen MR) is 80.5 cm³/mol. The van der Waals surface area contributed by atoms with Gasteiger partial charge in [0.1, 0.15) is 0 Å². The lowest BCUT2D eigenvalue weighted by atomic mass is 10.0. The number of hydrogen-bond acceptors (Lipinski definition) is 2. The fourth-order valence-electron chi connectivity index (χ4n) is 3.50. The van der Waals surface area contributed by atoms with Gasteiger partial charge in [-0.25, -0.2) is 0 Å². The van der Waals surface area contributed by atoms with Crippen LogP contribution >= 0.6 is 0 Å². The molecule has 1 N–H and O–H groups in total. The first-order valence-electron chi connectivity index (χ1n) is 7.90. The summed E-state index contributed by atoms with van der Waals surface area (Å²) in [4.78, 5) is 14.7. The third kappa shape index (κ3) is 3.04. The quantitative estimate of drug-likeness (QED) is 0.911. The van der Waals surface area contributed by atoms with Crippen LogP contribution in [0.1, 0.15) is 31.2 Å². The van der Waals surface area contributed by atoms with Gasteiger partial charge < -0.3 is 10.2 Å². The predicted octanol–water partition coefficient (Wildman–Crippen LogP) is 2.22. The van der Waals surface area contributed by atoms with Crippen LogP contribution in [0.2, 0.25) is 0 Å². The van der Waals surface area contributed by atoms with Crippen molar-refractivity contribution >= 4 is 5.91 Å². The lowest BCUT2D eigenvalue weighted by Crippen LogP contribution is -2.40. The Morgan fingerprint density at radius 1 is 1.25 bits per heavy atom. The zero-order valence-corrected chi connectivity index (χ0v) is 12.1. The van der Waals surface area contributed by atoms with E-state index in [-0.39, 0.29) is 5.92 Å². The molecular weight excluding hydrogens is 248 g/mol. The molecule has 2 unspecified atom stereocenters. The molecule has 0 spiro atoms. The van der Waals surface area contributed by atoms with E-state index in [1.54, 1.807) is 0 Å². The van der Waals surface area contributed by atoms with Gasteiger partial charge in [0.2, 0.25) is 5.91 Å². The second-order valence-corrected chi connectivity index (χ2v) is 6.04. The third-order valence-corrected chi connectivity index (χ3v) is 4.68. The highest BCUT2D eigenvalue weighted by molar-refractivity contribution is 5.80. The van der Waals surface area contributed by atoms with Gasteiger partial charge >= 0.3 is 0 Å². The number of likely N-dealkylation sites (tertiary alicyclic amines) is 1. The maximum Gasteiger partial charge on any atom is 0.227 e. The number of amides is 1. The van der Waals surface area contributed by atoms with Crippen LogP contribution < -0.4 is 5.32 Å². The summed E-state index contributed by atoms with van der Waals surface area (Å²) in [5, 5.41) is 3.30. The first kappa shape index (κ1) is 13.6. The SMILES string of the molecule is O=C(C1CCNC1)N1CCCC1CCc1ccccc1. The van der Waals surface area contributed by atoms with Gasteiger partial charge in [-0.2, -0.15) is 0 Å². The zero-order chi connectivity index (χ0) is 13.8. The minimum Gasteiger partial charge on any atom is -0.339 e. The molecule has 2 fully saturated rings. The standard InChI is InChI=1S/C17H24N2O/c20-17(15-10-11-18-13-15)19-12-4-7-16(19)9-8-14-5-2-1-3-6-14/h1-3,5-6,15-16,18H,4,7-13H2. The summed E-state index contributed by atoms with van der Waals surface area (Å²) in [6.45, 7) is 2.84. The highest BCUT2D eigenvalue weighted by Gasteiger charge is 2.33. The Morgan fingerprint density at radius 2 is 2.10 bits per heavy atom. The van der Waals surface area contributed by atoms with Gasteiger partial charge in [0.25, 0.3) is 0 Å². The molecule has 3 rings (SSSR count). The summed E-state index contributed by atoms with van der Waals surface area (Å²) in [6.07, 6.45) is 5.55. The fraction of sp³-hybridized carbons (Fsp3) is 0.588. The van der Waals surface area contributed by atoms with E-state index in [4.69, 9.17) is 0 Å². The number of aryl methyl sites for hydroxylation is 1. The summed E-state index contributed by atoms with van der Waals surface area (Å²) in [5.41, 5.74) is 1.38. The van der Waals surface area contributed by atoms with Gasteiger partial charge in [-0.3, -0.25) is 4.79 Å². The molecule has 1 aromatic carbocycles. The van der Waals surface area contributed by atoms with Crippen LogP contribution in [0.5, 0.6) is 0 Å². The van der Waals surface area contributed by atoms with E-state index in [1.807, 2.05) is 0 Å². The second kappa shape index (κ2) is 6.40. The van der Waals surface area contributed by atoms with Crippen molar-refractivity contribution < 1.29 is 4.79 Å². The van der Waals surface area contributed by atoms with Crippen molar-refractivity contribution in [2.24, 2.45) is 5.92 Å². The van der Waals surface area contributed by atoms with Crippen LogP contribution in [0.25, 0.3) is 0 Å². The van der Waals surface area contributed by atoms with Crippen LogP contribution in [-0.4, -0.2) is 36.5 Å². The second-order valence-electron chi connectivity index (χ2n) is 6.04. The summed E-state index contributed by atoms with van der Waals surface area (Å²) in [5.74, 6) is 0.623. The molecular formula is C17H24N2O. The number of carbonyl (C=O) groups excluding carboxylic acids is 1.